The number of fused-ring (bicyclic) bond motifs is 3. The summed E-state index contributed by atoms with van der Waals surface area (Å²) in [7, 11) is 0. The lowest BCUT2D eigenvalue weighted by molar-refractivity contribution is 0.0944. The SMILES string of the molecule is O=C(N/N=C/c1ccc(Cl)cc1)c1nc2c(c(=O)[nH]1)C1CCCN1C(=O)N2c1ccccc1. The van der Waals surface area contributed by atoms with E-state index in [2.05, 4.69) is 20.5 Å². The molecule has 0 spiro atoms. The Morgan fingerprint density at radius 1 is 1.15 bits per heavy atom. The Balaban J connectivity index is 1.50. The molecule has 2 aromatic carbocycles. The molecule has 3 heterocycles. The predicted molar refractivity (Wildman–Crippen MR) is 124 cm³/mol. The van der Waals surface area contributed by atoms with E-state index in [0.29, 0.717) is 29.2 Å². The van der Waals surface area contributed by atoms with Crippen molar-refractivity contribution in [1.29, 1.82) is 0 Å². The molecule has 2 N–H and O–H groups in total. The number of amides is 3. The van der Waals surface area contributed by atoms with Gasteiger partial charge in [0, 0.05) is 11.6 Å². The highest BCUT2D eigenvalue weighted by molar-refractivity contribution is 6.30. The lowest BCUT2D eigenvalue weighted by atomic mass is 10.0. The second-order valence-electron chi connectivity index (χ2n) is 7.71. The monoisotopic (exact) mass is 462 g/mol. The number of hydrazone groups is 1. The molecule has 5 rings (SSSR count). The molecule has 3 aromatic rings. The summed E-state index contributed by atoms with van der Waals surface area (Å²) in [6.07, 6.45) is 2.91. The van der Waals surface area contributed by atoms with Gasteiger partial charge in [-0.2, -0.15) is 5.10 Å². The van der Waals surface area contributed by atoms with Crippen LogP contribution in [0.3, 0.4) is 0 Å². The molecule has 0 bridgehead atoms. The molecular formula is C23H19ClN6O3. The number of rotatable bonds is 4. The normalized spacial score (nSPS) is 17.2. The number of H-pyrrole nitrogens is 1. The molecule has 2 aliphatic rings. The van der Waals surface area contributed by atoms with Crippen LogP contribution in [0.5, 0.6) is 0 Å². The Morgan fingerprint density at radius 2 is 1.91 bits per heavy atom. The number of urea groups is 1. The molecule has 0 radical (unpaired) electrons. The molecule has 10 heteroatoms. The average molecular weight is 463 g/mol. The van der Waals surface area contributed by atoms with Crippen molar-refractivity contribution in [2.24, 2.45) is 5.10 Å². The summed E-state index contributed by atoms with van der Waals surface area (Å²) >= 11 is 5.86. The van der Waals surface area contributed by atoms with Gasteiger partial charge in [0.15, 0.2) is 5.82 Å². The first-order valence-corrected chi connectivity index (χ1v) is 10.8. The number of carbonyl (C=O) groups is 2. The van der Waals surface area contributed by atoms with Crippen LogP contribution >= 0.6 is 11.6 Å². The fourth-order valence-corrected chi connectivity index (χ4v) is 4.27. The van der Waals surface area contributed by atoms with Crippen molar-refractivity contribution in [3.8, 4) is 0 Å². The molecular weight excluding hydrogens is 444 g/mol. The fourth-order valence-electron chi connectivity index (χ4n) is 4.14. The number of anilines is 2. The van der Waals surface area contributed by atoms with Gasteiger partial charge in [0.25, 0.3) is 5.56 Å². The molecule has 0 saturated carbocycles. The summed E-state index contributed by atoms with van der Waals surface area (Å²) in [4.78, 5) is 49.0. The third kappa shape index (κ3) is 3.87. The van der Waals surface area contributed by atoms with Crippen LogP contribution in [-0.4, -0.2) is 39.6 Å². The first kappa shape index (κ1) is 20.9. The molecule has 0 aliphatic carbocycles. The van der Waals surface area contributed by atoms with Crippen molar-refractivity contribution in [2.45, 2.75) is 18.9 Å². The van der Waals surface area contributed by atoms with Crippen molar-refractivity contribution in [3.63, 3.8) is 0 Å². The predicted octanol–water partition coefficient (Wildman–Crippen LogP) is 3.60. The van der Waals surface area contributed by atoms with E-state index in [0.717, 1.165) is 12.0 Å². The molecule has 1 atom stereocenters. The van der Waals surface area contributed by atoms with Crippen LogP contribution in [0, 0.1) is 0 Å². The van der Waals surface area contributed by atoms with E-state index in [1.54, 1.807) is 53.4 Å². The van der Waals surface area contributed by atoms with Gasteiger partial charge >= 0.3 is 11.9 Å². The first-order chi connectivity index (χ1) is 16.0. The summed E-state index contributed by atoms with van der Waals surface area (Å²) in [5.41, 5.74) is 3.60. The summed E-state index contributed by atoms with van der Waals surface area (Å²) in [6.45, 7) is 0.563. The van der Waals surface area contributed by atoms with Gasteiger partial charge in [-0.05, 0) is 42.7 Å². The minimum Gasteiger partial charge on any atom is -0.317 e. The van der Waals surface area contributed by atoms with Crippen LogP contribution in [-0.2, 0) is 0 Å². The van der Waals surface area contributed by atoms with E-state index < -0.39 is 11.5 Å². The zero-order chi connectivity index (χ0) is 22.9. The Kier molecular flexibility index (Phi) is 5.39. The quantitative estimate of drug-likeness (QED) is 0.456. The zero-order valence-electron chi connectivity index (χ0n) is 17.4. The first-order valence-electron chi connectivity index (χ1n) is 10.4. The highest BCUT2D eigenvalue weighted by Crippen LogP contribution is 2.42. The smallest absolute Gasteiger partial charge is 0.317 e. The third-order valence-corrected chi connectivity index (χ3v) is 5.90. The summed E-state index contributed by atoms with van der Waals surface area (Å²) in [6, 6.07) is 15.2. The molecule has 3 amide bonds. The minimum atomic E-state index is -0.700. The van der Waals surface area contributed by atoms with Crippen molar-refractivity contribution in [2.75, 3.05) is 11.4 Å². The molecule has 1 unspecified atom stereocenters. The second-order valence-corrected chi connectivity index (χ2v) is 8.14. The van der Waals surface area contributed by atoms with Crippen LogP contribution < -0.4 is 15.9 Å². The van der Waals surface area contributed by atoms with E-state index in [9.17, 15) is 14.4 Å². The van der Waals surface area contributed by atoms with Crippen LogP contribution in [0.4, 0.5) is 16.3 Å². The second kappa shape index (κ2) is 8.51. The molecule has 166 valence electrons. The number of carbonyl (C=O) groups excluding carboxylic acids is 2. The molecule has 2 aliphatic heterocycles. The average Bonchev–Trinajstić information content (AvgIpc) is 3.31. The van der Waals surface area contributed by atoms with E-state index in [1.165, 1.54) is 11.1 Å². The van der Waals surface area contributed by atoms with Gasteiger partial charge in [0.05, 0.1) is 23.5 Å². The number of para-hydroxylation sites is 1. The van der Waals surface area contributed by atoms with Gasteiger partial charge in [-0.1, -0.05) is 41.9 Å². The Bertz CT molecular complexity index is 1310. The van der Waals surface area contributed by atoms with E-state index in [-0.39, 0.29) is 23.7 Å². The Morgan fingerprint density at radius 3 is 2.67 bits per heavy atom. The number of hydrogen-bond acceptors (Lipinski definition) is 5. The number of halogens is 1. The maximum atomic E-state index is 13.3. The van der Waals surface area contributed by atoms with Crippen LogP contribution in [0.1, 0.15) is 40.6 Å². The number of hydrogen-bond donors (Lipinski definition) is 2. The minimum absolute atomic E-state index is 0.171. The van der Waals surface area contributed by atoms with Crippen molar-refractivity contribution < 1.29 is 9.59 Å². The Hall–Kier alpha value is -3.98. The highest BCUT2D eigenvalue weighted by atomic mass is 35.5. The van der Waals surface area contributed by atoms with E-state index >= 15 is 0 Å². The molecule has 1 aromatic heterocycles. The Labute approximate surface area is 193 Å². The number of aromatic amines is 1. The van der Waals surface area contributed by atoms with Crippen molar-refractivity contribution in [1.82, 2.24) is 20.3 Å². The van der Waals surface area contributed by atoms with Crippen LogP contribution in [0.25, 0.3) is 0 Å². The topological polar surface area (TPSA) is 111 Å². The number of benzene rings is 2. The third-order valence-electron chi connectivity index (χ3n) is 5.65. The highest BCUT2D eigenvalue weighted by Gasteiger charge is 2.44. The van der Waals surface area contributed by atoms with E-state index in [4.69, 9.17) is 11.6 Å². The maximum absolute atomic E-state index is 13.3. The molecule has 9 nitrogen and oxygen atoms in total. The van der Waals surface area contributed by atoms with Crippen LogP contribution in [0.15, 0.2) is 64.5 Å². The number of nitrogens with one attached hydrogen (secondary N) is 2. The van der Waals surface area contributed by atoms with Gasteiger partial charge in [-0.15, -0.1) is 0 Å². The summed E-state index contributed by atoms with van der Waals surface area (Å²) < 4.78 is 0. The van der Waals surface area contributed by atoms with Gasteiger partial charge in [-0.3, -0.25) is 9.59 Å². The van der Waals surface area contributed by atoms with Gasteiger partial charge in [-0.25, -0.2) is 20.1 Å². The van der Waals surface area contributed by atoms with Crippen LogP contribution in [0.2, 0.25) is 5.02 Å². The summed E-state index contributed by atoms with van der Waals surface area (Å²) in [5.74, 6) is -0.758. The maximum Gasteiger partial charge on any atom is 0.330 e. The fraction of sp³-hybridized carbons (Fsp3) is 0.174. The zero-order valence-corrected chi connectivity index (χ0v) is 18.1. The van der Waals surface area contributed by atoms with Crippen molar-refractivity contribution in [3.05, 3.63) is 86.9 Å². The molecule has 1 fully saturated rings. The standard InChI is InChI=1S/C23H19ClN6O3/c24-15-10-8-14(9-11-15)13-25-28-22(32)19-26-20-18(21(31)27-19)17-7-4-12-29(17)23(33)30(20)16-5-2-1-3-6-16/h1-3,5-6,8-11,13,17H,4,7,12H2,(H,28,32)(H,26,27,31)/b25-13+. The summed E-state index contributed by atoms with van der Waals surface area (Å²) in [5, 5.41) is 4.50. The lowest BCUT2D eigenvalue weighted by Gasteiger charge is -2.37. The number of aromatic nitrogens is 2. The van der Waals surface area contributed by atoms with E-state index in [1.807, 2.05) is 6.07 Å². The lowest BCUT2D eigenvalue weighted by Crippen LogP contribution is -2.48. The molecule has 33 heavy (non-hydrogen) atoms. The van der Waals surface area contributed by atoms with Crippen molar-refractivity contribution >= 4 is 41.3 Å². The largest absolute Gasteiger partial charge is 0.330 e. The van der Waals surface area contributed by atoms with Gasteiger partial charge in [0.2, 0.25) is 5.82 Å². The van der Waals surface area contributed by atoms with Gasteiger partial charge < -0.3 is 9.88 Å². The number of nitrogens with zero attached hydrogens (tertiary/aromatic N) is 4. The molecule has 1 saturated heterocycles. The van der Waals surface area contributed by atoms with Gasteiger partial charge in [0.1, 0.15) is 0 Å².